The maximum absolute atomic E-state index is 10.2. The Morgan fingerprint density at radius 1 is 1.44 bits per heavy atom. The molecule has 0 N–H and O–H groups in total. The SMILES string of the molecule is CC/C=C/COCN1C=CN(C)/C1=C/N=O. The highest BCUT2D eigenvalue weighted by molar-refractivity contribution is 5.12. The second kappa shape index (κ2) is 6.79. The number of hydrogen-bond donors (Lipinski definition) is 0. The van der Waals surface area contributed by atoms with Crippen molar-refractivity contribution in [2.75, 3.05) is 20.4 Å². The van der Waals surface area contributed by atoms with Gasteiger partial charge in [-0.25, -0.2) is 0 Å². The standard InChI is InChI=1S/C11H17N3O2/c1-3-4-5-8-16-10-14-7-6-13(2)11(14)9-12-15/h4-7,9H,3,8,10H2,1-2H3/b5-4+,11-9-. The summed E-state index contributed by atoms with van der Waals surface area (Å²) in [6.07, 6.45) is 10.0. The summed E-state index contributed by atoms with van der Waals surface area (Å²) in [6.45, 7) is 3.06. The third-order valence-electron chi connectivity index (χ3n) is 2.14. The van der Waals surface area contributed by atoms with Crippen molar-refractivity contribution >= 4 is 0 Å². The summed E-state index contributed by atoms with van der Waals surface area (Å²) in [5.74, 6) is 0.717. The average Bonchev–Trinajstić information content (AvgIpc) is 2.62. The molecule has 5 heteroatoms. The Bertz CT molecular complexity index is 310. The third kappa shape index (κ3) is 3.51. The van der Waals surface area contributed by atoms with Crippen LogP contribution in [-0.4, -0.2) is 30.2 Å². The number of hydrogen-bond acceptors (Lipinski definition) is 5. The van der Waals surface area contributed by atoms with Crippen molar-refractivity contribution in [2.24, 2.45) is 5.18 Å². The molecule has 88 valence electrons. The molecule has 0 aliphatic carbocycles. The Labute approximate surface area is 95.6 Å². The van der Waals surface area contributed by atoms with Crippen LogP contribution in [0.2, 0.25) is 0 Å². The molecule has 0 aromatic rings. The summed E-state index contributed by atoms with van der Waals surface area (Å²) in [5, 5.41) is 2.77. The molecular formula is C11H17N3O2. The topological polar surface area (TPSA) is 45.1 Å². The van der Waals surface area contributed by atoms with Crippen LogP contribution in [0.15, 0.2) is 41.7 Å². The average molecular weight is 223 g/mol. The Balaban J connectivity index is 2.36. The smallest absolute Gasteiger partial charge is 0.136 e. The Morgan fingerprint density at radius 2 is 2.25 bits per heavy atom. The fraction of sp³-hybridized carbons (Fsp3) is 0.455. The molecule has 0 unspecified atom stereocenters. The van der Waals surface area contributed by atoms with Gasteiger partial charge in [0.05, 0.1) is 6.61 Å². The van der Waals surface area contributed by atoms with Crippen LogP contribution in [0.4, 0.5) is 0 Å². The monoisotopic (exact) mass is 223 g/mol. The highest BCUT2D eigenvalue weighted by Gasteiger charge is 2.16. The van der Waals surface area contributed by atoms with Crippen molar-refractivity contribution in [3.05, 3.63) is 41.5 Å². The first-order valence-corrected chi connectivity index (χ1v) is 5.22. The lowest BCUT2D eigenvalue weighted by atomic mass is 10.4. The van der Waals surface area contributed by atoms with Crippen LogP contribution in [0.3, 0.4) is 0 Å². The van der Waals surface area contributed by atoms with Crippen molar-refractivity contribution in [3.8, 4) is 0 Å². The minimum atomic E-state index is 0.413. The lowest BCUT2D eigenvalue weighted by Crippen LogP contribution is -2.22. The molecule has 0 aromatic carbocycles. The number of nitroso groups, excluding NO2 is 1. The summed E-state index contributed by atoms with van der Waals surface area (Å²) in [5.41, 5.74) is 0. The molecular weight excluding hydrogens is 206 g/mol. The van der Waals surface area contributed by atoms with Crippen LogP contribution in [0, 0.1) is 4.91 Å². The molecule has 0 spiro atoms. The van der Waals surface area contributed by atoms with Gasteiger partial charge in [0.2, 0.25) is 0 Å². The van der Waals surface area contributed by atoms with E-state index in [1.165, 1.54) is 6.20 Å². The Hall–Kier alpha value is -1.62. The van der Waals surface area contributed by atoms with Gasteiger partial charge in [-0.1, -0.05) is 19.1 Å². The summed E-state index contributed by atoms with van der Waals surface area (Å²) >= 11 is 0. The number of nitrogens with zero attached hydrogens (tertiary/aromatic N) is 3. The van der Waals surface area contributed by atoms with E-state index >= 15 is 0 Å². The van der Waals surface area contributed by atoms with Gasteiger partial charge in [0, 0.05) is 19.4 Å². The van der Waals surface area contributed by atoms with Gasteiger partial charge in [-0.2, -0.15) is 0 Å². The van der Waals surface area contributed by atoms with Crippen molar-refractivity contribution in [1.82, 2.24) is 9.80 Å². The number of ether oxygens (including phenoxy) is 1. The molecule has 1 aliphatic heterocycles. The molecule has 5 nitrogen and oxygen atoms in total. The van der Waals surface area contributed by atoms with E-state index in [4.69, 9.17) is 4.74 Å². The zero-order valence-electron chi connectivity index (χ0n) is 9.67. The van der Waals surface area contributed by atoms with E-state index in [1.54, 1.807) is 0 Å². The highest BCUT2D eigenvalue weighted by Crippen LogP contribution is 2.17. The Morgan fingerprint density at radius 3 is 2.94 bits per heavy atom. The zero-order chi connectivity index (χ0) is 11.8. The van der Waals surface area contributed by atoms with Crippen LogP contribution in [0.25, 0.3) is 0 Å². The molecule has 0 fully saturated rings. The zero-order valence-corrected chi connectivity index (χ0v) is 9.67. The Kier molecular flexibility index (Phi) is 5.28. The summed E-state index contributed by atoms with van der Waals surface area (Å²) in [4.78, 5) is 13.8. The molecule has 0 aromatic heterocycles. The van der Waals surface area contributed by atoms with E-state index < -0.39 is 0 Å². The maximum atomic E-state index is 10.2. The van der Waals surface area contributed by atoms with Crippen LogP contribution >= 0.6 is 0 Å². The van der Waals surface area contributed by atoms with E-state index in [2.05, 4.69) is 18.2 Å². The van der Waals surface area contributed by atoms with Crippen LogP contribution < -0.4 is 0 Å². The molecule has 0 saturated carbocycles. The predicted molar refractivity (Wildman–Crippen MR) is 62.9 cm³/mol. The van der Waals surface area contributed by atoms with Crippen LogP contribution in [-0.2, 0) is 4.74 Å². The van der Waals surface area contributed by atoms with Gasteiger partial charge < -0.3 is 14.5 Å². The van der Waals surface area contributed by atoms with E-state index in [9.17, 15) is 4.91 Å². The molecule has 1 aliphatic rings. The van der Waals surface area contributed by atoms with Gasteiger partial charge in [0.1, 0.15) is 18.8 Å². The van der Waals surface area contributed by atoms with Crippen molar-refractivity contribution in [2.45, 2.75) is 13.3 Å². The minimum Gasteiger partial charge on any atom is -0.357 e. The highest BCUT2D eigenvalue weighted by atomic mass is 16.5. The van der Waals surface area contributed by atoms with E-state index in [-0.39, 0.29) is 0 Å². The first-order chi connectivity index (χ1) is 7.79. The number of allylic oxidation sites excluding steroid dienone is 1. The molecule has 1 rings (SSSR count). The number of rotatable bonds is 6. The van der Waals surface area contributed by atoms with Crippen molar-refractivity contribution < 1.29 is 4.74 Å². The summed E-state index contributed by atoms with van der Waals surface area (Å²) in [7, 11) is 1.85. The normalized spacial score (nSPS) is 18.0. The minimum absolute atomic E-state index is 0.413. The molecule has 0 saturated heterocycles. The lowest BCUT2D eigenvalue weighted by molar-refractivity contribution is 0.0848. The predicted octanol–water partition coefficient (Wildman–Crippen LogP) is 2.21. The molecule has 0 bridgehead atoms. The summed E-state index contributed by atoms with van der Waals surface area (Å²) in [6, 6.07) is 0. The fourth-order valence-electron chi connectivity index (χ4n) is 1.31. The van der Waals surface area contributed by atoms with Gasteiger partial charge in [0.25, 0.3) is 0 Å². The van der Waals surface area contributed by atoms with E-state index in [0.717, 1.165) is 12.2 Å². The van der Waals surface area contributed by atoms with Gasteiger partial charge in [0.15, 0.2) is 0 Å². The van der Waals surface area contributed by atoms with Crippen LogP contribution in [0.5, 0.6) is 0 Å². The molecule has 0 radical (unpaired) electrons. The molecule has 0 atom stereocenters. The first-order valence-electron chi connectivity index (χ1n) is 5.22. The van der Waals surface area contributed by atoms with Crippen molar-refractivity contribution in [1.29, 1.82) is 0 Å². The molecule has 0 amide bonds. The summed E-state index contributed by atoms with van der Waals surface area (Å²) < 4.78 is 5.42. The molecule has 1 heterocycles. The fourth-order valence-corrected chi connectivity index (χ4v) is 1.31. The quantitative estimate of drug-likeness (QED) is 0.393. The second-order valence-corrected chi connectivity index (χ2v) is 3.35. The maximum Gasteiger partial charge on any atom is 0.136 e. The second-order valence-electron chi connectivity index (χ2n) is 3.35. The largest absolute Gasteiger partial charge is 0.357 e. The van der Waals surface area contributed by atoms with Gasteiger partial charge >= 0.3 is 0 Å². The van der Waals surface area contributed by atoms with Gasteiger partial charge in [-0.15, -0.1) is 4.91 Å². The lowest BCUT2D eigenvalue weighted by Gasteiger charge is -2.20. The van der Waals surface area contributed by atoms with Gasteiger partial charge in [-0.05, 0) is 11.6 Å². The van der Waals surface area contributed by atoms with E-state index in [0.29, 0.717) is 13.3 Å². The van der Waals surface area contributed by atoms with Crippen molar-refractivity contribution in [3.63, 3.8) is 0 Å². The molecule has 16 heavy (non-hydrogen) atoms. The van der Waals surface area contributed by atoms with E-state index in [1.807, 2.05) is 35.3 Å². The van der Waals surface area contributed by atoms with Gasteiger partial charge in [-0.3, -0.25) is 0 Å². The third-order valence-corrected chi connectivity index (χ3v) is 2.14. The van der Waals surface area contributed by atoms with Crippen LogP contribution in [0.1, 0.15) is 13.3 Å². The first kappa shape index (κ1) is 12.4.